The minimum absolute atomic E-state index is 0.0194. The van der Waals surface area contributed by atoms with Crippen LogP contribution in [0.15, 0.2) is 48.5 Å². The molecule has 0 unspecified atom stereocenters. The molecule has 0 spiro atoms. The number of hydrogen-bond donors (Lipinski definition) is 1. The molecule has 0 bridgehead atoms. The molecule has 0 radical (unpaired) electrons. The molecule has 2 aromatic carbocycles. The van der Waals surface area contributed by atoms with E-state index >= 15 is 0 Å². The van der Waals surface area contributed by atoms with Gasteiger partial charge in [-0.25, -0.2) is 0 Å². The van der Waals surface area contributed by atoms with E-state index in [1.165, 1.54) is 5.56 Å². The van der Waals surface area contributed by atoms with Crippen LogP contribution in [0.2, 0.25) is 0 Å². The van der Waals surface area contributed by atoms with E-state index < -0.39 is 0 Å². The van der Waals surface area contributed by atoms with Crippen molar-refractivity contribution in [3.8, 4) is 0 Å². The number of nitrogens with zero attached hydrogens (tertiary/aromatic N) is 1. The van der Waals surface area contributed by atoms with Crippen LogP contribution < -0.4 is 10.2 Å². The Morgan fingerprint density at radius 2 is 1.96 bits per heavy atom. The van der Waals surface area contributed by atoms with Crippen molar-refractivity contribution in [3.05, 3.63) is 59.7 Å². The van der Waals surface area contributed by atoms with E-state index in [0.29, 0.717) is 18.1 Å². The average Bonchev–Trinajstić information content (AvgIpc) is 3.03. The van der Waals surface area contributed by atoms with E-state index in [1.54, 1.807) is 11.8 Å². The first-order chi connectivity index (χ1) is 13.0. The minimum Gasteiger partial charge on any atom is -0.326 e. The highest BCUT2D eigenvalue weighted by molar-refractivity contribution is 8.00. The molecule has 0 aromatic heterocycles. The topological polar surface area (TPSA) is 49.4 Å². The number of nitrogens with one attached hydrogen (secondary N) is 1. The maximum absolute atomic E-state index is 12.6. The van der Waals surface area contributed by atoms with Crippen molar-refractivity contribution >= 4 is 35.0 Å². The van der Waals surface area contributed by atoms with Crippen LogP contribution in [0.4, 0.5) is 11.4 Å². The molecule has 0 saturated carbocycles. The molecule has 1 aliphatic heterocycles. The van der Waals surface area contributed by atoms with E-state index in [1.807, 2.05) is 48.2 Å². The minimum atomic E-state index is -0.0783. The number of benzene rings is 2. The van der Waals surface area contributed by atoms with Gasteiger partial charge in [0.25, 0.3) is 0 Å². The van der Waals surface area contributed by atoms with Crippen molar-refractivity contribution in [2.45, 2.75) is 44.9 Å². The summed E-state index contributed by atoms with van der Waals surface area (Å²) >= 11 is 1.62. The third-order valence-electron chi connectivity index (χ3n) is 4.64. The molecule has 1 fully saturated rings. The fourth-order valence-corrected chi connectivity index (χ4v) is 4.36. The second kappa shape index (κ2) is 8.61. The molecule has 2 aromatic rings. The number of hydrogen-bond acceptors (Lipinski definition) is 3. The zero-order valence-electron chi connectivity index (χ0n) is 16.1. The van der Waals surface area contributed by atoms with Crippen molar-refractivity contribution in [3.63, 3.8) is 0 Å². The van der Waals surface area contributed by atoms with Gasteiger partial charge >= 0.3 is 0 Å². The Balaban J connectivity index is 1.84. The lowest BCUT2D eigenvalue weighted by molar-refractivity contribution is -0.116. The van der Waals surface area contributed by atoms with Gasteiger partial charge in [-0.15, -0.1) is 11.8 Å². The fourth-order valence-electron chi connectivity index (χ4n) is 3.19. The Labute approximate surface area is 165 Å². The van der Waals surface area contributed by atoms with E-state index in [-0.39, 0.29) is 17.2 Å². The normalized spacial score (nSPS) is 16.8. The lowest BCUT2D eigenvalue weighted by atomic mass is 10.0. The summed E-state index contributed by atoms with van der Waals surface area (Å²) in [6.45, 7) is 6.30. The first-order valence-corrected chi connectivity index (χ1v) is 10.5. The Morgan fingerprint density at radius 3 is 2.63 bits per heavy atom. The fraction of sp³-hybridized carbons (Fsp3) is 0.364. The summed E-state index contributed by atoms with van der Waals surface area (Å²) in [4.78, 5) is 26.3. The van der Waals surface area contributed by atoms with Gasteiger partial charge in [-0.3, -0.25) is 14.5 Å². The molecule has 5 heteroatoms. The molecule has 2 amide bonds. The molecule has 0 aliphatic carbocycles. The molecule has 4 nitrogen and oxygen atoms in total. The van der Waals surface area contributed by atoms with Gasteiger partial charge in [0.15, 0.2) is 0 Å². The molecular weight excluding hydrogens is 356 g/mol. The highest BCUT2D eigenvalue weighted by atomic mass is 32.2. The molecule has 3 rings (SSSR count). The summed E-state index contributed by atoms with van der Waals surface area (Å²) in [6.07, 6.45) is 1.33. The number of anilines is 2. The van der Waals surface area contributed by atoms with Gasteiger partial charge < -0.3 is 5.32 Å². The zero-order valence-corrected chi connectivity index (χ0v) is 16.9. The molecule has 1 heterocycles. The second-order valence-electron chi connectivity index (χ2n) is 7.10. The van der Waals surface area contributed by atoms with Gasteiger partial charge in [0.05, 0.1) is 5.75 Å². The van der Waals surface area contributed by atoms with Crippen LogP contribution in [0.25, 0.3) is 0 Å². The quantitative estimate of drug-likeness (QED) is 0.735. The van der Waals surface area contributed by atoms with Crippen molar-refractivity contribution in [2.75, 3.05) is 16.0 Å². The van der Waals surface area contributed by atoms with Crippen LogP contribution in [-0.4, -0.2) is 17.6 Å². The summed E-state index contributed by atoms with van der Waals surface area (Å²) in [6, 6.07) is 16.0. The van der Waals surface area contributed by atoms with Gasteiger partial charge in [-0.2, -0.15) is 0 Å². The highest BCUT2D eigenvalue weighted by Gasteiger charge is 2.34. The second-order valence-corrected chi connectivity index (χ2v) is 8.17. The molecule has 1 N–H and O–H groups in total. The van der Waals surface area contributed by atoms with Gasteiger partial charge in [-0.1, -0.05) is 45.0 Å². The largest absolute Gasteiger partial charge is 0.326 e. The SMILES string of the molecule is CCCC(=O)Nc1cccc([C@H]2SCC(=O)N2c2ccc(C(C)C)cc2)c1. The summed E-state index contributed by atoms with van der Waals surface area (Å²) < 4.78 is 0. The van der Waals surface area contributed by atoms with Crippen LogP contribution in [0.1, 0.15) is 56.0 Å². The number of rotatable bonds is 6. The van der Waals surface area contributed by atoms with Gasteiger partial charge in [0, 0.05) is 17.8 Å². The van der Waals surface area contributed by atoms with Crippen LogP contribution in [0, 0.1) is 0 Å². The van der Waals surface area contributed by atoms with Gasteiger partial charge in [0.1, 0.15) is 5.37 Å². The number of amides is 2. The molecule has 27 heavy (non-hydrogen) atoms. The van der Waals surface area contributed by atoms with Crippen LogP contribution >= 0.6 is 11.8 Å². The Kier molecular flexibility index (Phi) is 6.22. The highest BCUT2D eigenvalue weighted by Crippen LogP contribution is 2.42. The van der Waals surface area contributed by atoms with E-state index in [0.717, 1.165) is 23.4 Å². The standard InChI is InChI=1S/C22H26N2O2S/c1-4-6-20(25)23-18-8-5-7-17(13-18)22-24(21(26)14-27-22)19-11-9-16(10-12-19)15(2)3/h5,7-13,15,22H,4,6,14H2,1-3H3,(H,23,25)/t22-/m1/s1. The predicted molar refractivity (Wildman–Crippen MR) is 113 cm³/mol. The number of carbonyl (C=O) groups excluding carboxylic acids is 2. The average molecular weight is 383 g/mol. The lowest BCUT2D eigenvalue weighted by Gasteiger charge is -2.25. The molecule has 1 atom stereocenters. The third-order valence-corrected chi connectivity index (χ3v) is 5.85. The summed E-state index contributed by atoms with van der Waals surface area (Å²) in [5.74, 6) is 1.05. The Morgan fingerprint density at radius 1 is 1.22 bits per heavy atom. The van der Waals surface area contributed by atoms with Gasteiger partial charge in [-0.05, 0) is 47.7 Å². The summed E-state index contributed by atoms with van der Waals surface area (Å²) in [5.41, 5.74) is 3.98. The number of thioether (sulfide) groups is 1. The zero-order chi connectivity index (χ0) is 19.4. The summed E-state index contributed by atoms with van der Waals surface area (Å²) in [7, 11) is 0. The van der Waals surface area contributed by atoms with Crippen LogP contribution in [-0.2, 0) is 9.59 Å². The lowest BCUT2D eigenvalue weighted by Crippen LogP contribution is -2.27. The van der Waals surface area contributed by atoms with Gasteiger partial charge in [0.2, 0.25) is 11.8 Å². The molecule has 142 valence electrons. The predicted octanol–water partition coefficient (Wildman–Crippen LogP) is 5.33. The smallest absolute Gasteiger partial charge is 0.238 e. The Bertz CT molecular complexity index is 817. The van der Waals surface area contributed by atoms with Crippen LogP contribution in [0.3, 0.4) is 0 Å². The molecular formula is C22H26N2O2S. The third kappa shape index (κ3) is 4.53. The van der Waals surface area contributed by atoms with Crippen molar-refractivity contribution < 1.29 is 9.59 Å². The first-order valence-electron chi connectivity index (χ1n) is 9.43. The first kappa shape index (κ1) is 19.5. The number of carbonyl (C=O) groups is 2. The molecule has 1 saturated heterocycles. The summed E-state index contributed by atoms with van der Waals surface area (Å²) in [5, 5.41) is 2.86. The maximum Gasteiger partial charge on any atom is 0.238 e. The monoisotopic (exact) mass is 382 g/mol. The van der Waals surface area contributed by atoms with E-state index in [9.17, 15) is 9.59 Å². The van der Waals surface area contributed by atoms with Crippen molar-refractivity contribution in [2.24, 2.45) is 0 Å². The van der Waals surface area contributed by atoms with E-state index in [2.05, 4.69) is 31.3 Å². The molecule has 1 aliphatic rings. The Hall–Kier alpha value is -2.27. The van der Waals surface area contributed by atoms with Crippen LogP contribution in [0.5, 0.6) is 0 Å². The van der Waals surface area contributed by atoms with Crippen molar-refractivity contribution in [1.29, 1.82) is 0 Å². The van der Waals surface area contributed by atoms with Crippen molar-refractivity contribution in [1.82, 2.24) is 0 Å². The van der Waals surface area contributed by atoms with E-state index in [4.69, 9.17) is 0 Å². The maximum atomic E-state index is 12.6.